The minimum atomic E-state index is -0.275. The summed E-state index contributed by atoms with van der Waals surface area (Å²) in [5.74, 6) is 0.482. The Hall–Kier alpha value is -3.08. The lowest BCUT2D eigenvalue weighted by molar-refractivity contribution is -0.145. The van der Waals surface area contributed by atoms with Crippen LogP contribution in [0.15, 0.2) is 67.0 Å². The molecule has 0 saturated heterocycles. The van der Waals surface area contributed by atoms with Crippen molar-refractivity contribution in [3.63, 3.8) is 0 Å². The number of rotatable bonds is 7. The fourth-order valence-corrected chi connectivity index (χ4v) is 2.29. The molecular weight excluding hydrogens is 316 g/mol. The molecule has 5 nitrogen and oxygen atoms in total. The van der Waals surface area contributed by atoms with Crippen molar-refractivity contribution in [2.75, 3.05) is 6.61 Å². The van der Waals surface area contributed by atoms with Gasteiger partial charge in [-0.1, -0.05) is 29.8 Å². The van der Waals surface area contributed by atoms with Gasteiger partial charge in [0.25, 0.3) is 0 Å². The summed E-state index contributed by atoms with van der Waals surface area (Å²) >= 11 is 0. The van der Waals surface area contributed by atoms with E-state index in [4.69, 9.17) is 9.47 Å². The first-order valence-electron chi connectivity index (χ1n) is 8.15. The maximum atomic E-state index is 11.8. The first kappa shape index (κ1) is 16.8. The third kappa shape index (κ3) is 4.94. The average Bonchev–Trinajstić information content (AvgIpc) is 3.17. The topological polar surface area (TPSA) is 53.4 Å². The molecule has 3 rings (SSSR count). The molecule has 2 aromatic carbocycles. The molecular formula is C20H20N2O3. The molecule has 25 heavy (non-hydrogen) atoms. The summed E-state index contributed by atoms with van der Waals surface area (Å²) in [5.41, 5.74) is 3.07. The first-order chi connectivity index (χ1) is 12.2. The van der Waals surface area contributed by atoms with Crippen molar-refractivity contribution in [3.05, 3.63) is 78.1 Å². The number of esters is 1. The summed E-state index contributed by atoms with van der Waals surface area (Å²) in [5, 5.41) is 4.17. The van der Waals surface area contributed by atoms with Gasteiger partial charge in [-0.15, -0.1) is 0 Å². The Morgan fingerprint density at radius 3 is 2.52 bits per heavy atom. The molecule has 0 unspecified atom stereocenters. The Morgan fingerprint density at radius 2 is 1.84 bits per heavy atom. The van der Waals surface area contributed by atoms with Gasteiger partial charge in [0.2, 0.25) is 0 Å². The summed E-state index contributed by atoms with van der Waals surface area (Å²) in [7, 11) is 0. The van der Waals surface area contributed by atoms with Crippen molar-refractivity contribution in [1.82, 2.24) is 9.78 Å². The second-order valence-electron chi connectivity index (χ2n) is 5.69. The van der Waals surface area contributed by atoms with Crippen LogP contribution in [0, 0.1) is 6.92 Å². The summed E-state index contributed by atoms with van der Waals surface area (Å²) in [6.07, 6.45) is 3.83. The zero-order valence-electron chi connectivity index (χ0n) is 14.1. The predicted molar refractivity (Wildman–Crippen MR) is 94.7 cm³/mol. The van der Waals surface area contributed by atoms with Gasteiger partial charge in [-0.3, -0.25) is 4.79 Å². The summed E-state index contributed by atoms with van der Waals surface area (Å²) in [6.45, 7) is 2.58. The lowest BCUT2D eigenvalue weighted by atomic mass is 10.2. The van der Waals surface area contributed by atoms with Crippen molar-refractivity contribution >= 4 is 5.97 Å². The Bertz CT molecular complexity index is 794. The molecule has 1 aromatic heterocycles. The van der Waals surface area contributed by atoms with Crippen molar-refractivity contribution < 1.29 is 14.3 Å². The lowest BCUT2D eigenvalue weighted by Gasteiger charge is -2.08. The van der Waals surface area contributed by atoms with E-state index in [0.717, 1.165) is 17.0 Å². The quantitative estimate of drug-likeness (QED) is 0.618. The molecule has 0 fully saturated rings. The van der Waals surface area contributed by atoms with Crippen LogP contribution in [0.1, 0.15) is 17.5 Å². The first-order valence-corrected chi connectivity index (χ1v) is 8.15. The minimum Gasteiger partial charge on any atom is -0.493 e. The highest BCUT2D eigenvalue weighted by Gasteiger charge is 2.05. The van der Waals surface area contributed by atoms with Gasteiger partial charge >= 0.3 is 5.97 Å². The van der Waals surface area contributed by atoms with Gasteiger partial charge < -0.3 is 9.47 Å². The van der Waals surface area contributed by atoms with E-state index in [9.17, 15) is 4.79 Å². The van der Waals surface area contributed by atoms with Crippen LogP contribution < -0.4 is 4.74 Å². The highest BCUT2D eigenvalue weighted by molar-refractivity contribution is 5.69. The summed E-state index contributed by atoms with van der Waals surface area (Å²) in [4.78, 5) is 11.8. The van der Waals surface area contributed by atoms with E-state index >= 15 is 0 Å². The normalized spacial score (nSPS) is 10.4. The number of aromatic nitrogens is 2. The van der Waals surface area contributed by atoms with Crippen LogP contribution in [0.2, 0.25) is 0 Å². The van der Waals surface area contributed by atoms with E-state index in [1.165, 1.54) is 5.56 Å². The van der Waals surface area contributed by atoms with Crippen molar-refractivity contribution in [1.29, 1.82) is 0 Å². The van der Waals surface area contributed by atoms with E-state index in [-0.39, 0.29) is 19.0 Å². The fraction of sp³-hybridized carbons (Fsp3) is 0.200. The molecule has 0 aliphatic heterocycles. The molecule has 0 saturated carbocycles. The van der Waals surface area contributed by atoms with Gasteiger partial charge in [0.15, 0.2) is 0 Å². The predicted octanol–water partition coefficient (Wildman–Crippen LogP) is 3.69. The highest BCUT2D eigenvalue weighted by atomic mass is 16.5. The second kappa shape index (κ2) is 8.15. The van der Waals surface area contributed by atoms with Gasteiger partial charge in [-0.25, -0.2) is 4.68 Å². The Labute approximate surface area is 146 Å². The third-order valence-corrected chi connectivity index (χ3v) is 3.70. The molecule has 0 radical (unpaired) electrons. The zero-order chi connectivity index (χ0) is 17.5. The van der Waals surface area contributed by atoms with Gasteiger partial charge in [0, 0.05) is 12.4 Å². The van der Waals surface area contributed by atoms with Crippen molar-refractivity contribution in [2.24, 2.45) is 0 Å². The number of hydrogen-bond acceptors (Lipinski definition) is 4. The van der Waals surface area contributed by atoms with Crippen LogP contribution >= 0.6 is 0 Å². The van der Waals surface area contributed by atoms with E-state index < -0.39 is 0 Å². The number of aryl methyl sites for hydroxylation is 1. The van der Waals surface area contributed by atoms with Gasteiger partial charge in [0.1, 0.15) is 12.4 Å². The average molecular weight is 336 g/mol. The summed E-state index contributed by atoms with van der Waals surface area (Å²) in [6, 6.07) is 17.3. The molecule has 0 aliphatic carbocycles. The third-order valence-electron chi connectivity index (χ3n) is 3.70. The lowest BCUT2D eigenvalue weighted by Crippen LogP contribution is -2.10. The van der Waals surface area contributed by atoms with Crippen LogP contribution in [-0.2, 0) is 16.1 Å². The van der Waals surface area contributed by atoms with Gasteiger partial charge in [0.05, 0.1) is 18.7 Å². The van der Waals surface area contributed by atoms with Gasteiger partial charge in [-0.05, 0) is 42.8 Å². The van der Waals surface area contributed by atoms with Crippen LogP contribution in [-0.4, -0.2) is 22.4 Å². The van der Waals surface area contributed by atoms with Crippen molar-refractivity contribution in [2.45, 2.75) is 20.0 Å². The van der Waals surface area contributed by atoms with Gasteiger partial charge in [-0.2, -0.15) is 5.10 Å². The minimum absolute atomic E-state index is 0.221. The number of ether oxygens (including phenoxy) is 2. The van der Waals surface area contributed by atoms with Crippen molar-refractivity contribution in [3.8, 4) is 11.4 Å². The van der Waals surface area contributed by atoms with E-state index in [1.54, 1.807) is 10.9 Å². The molecule has 0 amide bonds. The summed E-state index contributed by atoms with van der Waals surface area (Å²) < 4.78 is 12.6. The van der Waals surface area contributed by atoms with Crippen LogP contribution in [0.25, 0.3) is 5.69 Å². The molecule has 1 heterocycles. The second-order valence-corrected chi connectivity index (χ2v) is 5.69. The number of carbonyl (C=O) groups excluding carboxylic acids is 1. The Kier molecular flexibility index (Phi) is 5.46. The van der Waals surface area contributed by atoms with E-state index in [2.05, 4.69) is 5.10 Å². The monoisotopic (exact) mass is 336 g/mol. The van der Waals surface area contributed by atoms with Crippen LogP contribution in [0.4, 0.5) is 0 Å². The molecule has 0 bridgehead atoms. The zero-order valence-corrected chi connectivity index (χ0v) is 14.1. The Morgan fingerprint density at radius 1 is 1.08 bits per heavy atom. The molecule has 5 heteroatoms. The molecule has 0 aliphatic rings. The highest BCUT2D eigenvalue weighted by Crippen LogP contribution is 2.12. The van der Waals surface area contributed by atoms with Crippen LogP contribution in [0.3, 0.4) is 0 Å². The van der Waals surface area contributed by atoms with E-state index in [0.29, 0.717) is 6.61 Å². The molecule has 0 spiro atoms. The maximum Gasteiger partial charge on any atom is 0.309 e. The number of hydrogen-bond donors (Lipinski definition) is 0. The Balaban J connectivity index is 1.40. The maximum absolute atomic E-state index is 11.8. The number of nitrogens with zero attached hydrogens (tertiary/aromatic N) is 2. The largest absolute Gasteiger partial charge is 0.493 e. The standard InChI is InChI=1S/C20H20N2O3/c1-16-3-9-19(10-4-16)24-14-11-20(23)25-15-17-5-7-18(8-6-17)22-13-2-12-21-22/h2-10,12-13H,11,14-15H2,1H3. The molecule has 0 atom stereocenters. The van der Waals surface area contributed by atoms with Crippen LogP contribution in [0.5, 0.6) is 5.75 Å². The smallest absolute Gasteiger partial charge is 0.309 e. The SMILES string of the molecule is Cc1ccc(OCCC(=O)OCc2ccc(-n3cccn3)cc2)cc1. The molecule has 128 valence electrons. The fourth-order valence-electron chi connectivity index (χ4n) is 2.29. The van der Waals surface area contributed by atoms with E-state index in [1.807, 2.05) is 67.7 Å². The molecule has 0 N–H and O–H groups in total. The number of carbonyl (C=O) groups is 1. The number of benzene rings is 2. The molecule has 3 aromatic rings.